The summed E-state index contributed by atoms with van der Waals surface area (Å²) in [5.74, 6) is -0.111. The summed E-state index contributed by atoms with van der Waals surface area (Å²) in [5, 5.41) is -0.287. The maximum absolute atomic E-state index is 11.8. The van der Waals surface area contributed by atoms with Crippen LogP contribution >= 0.6 is 11.6 Å². The molecule has 0 aromatic carbocycles. The molecular formula is C10H16ClNO2. The van der Waals surface area contributed by atoms with Gasteiger partial charge in [-0.1, -0.05) is 13.0 Å². The summed E-state index contributed by atoms with van der Waals surface area (Å²) in [6.07, 6.45) is 1.60. The van der Waals surface area contributed by atoms with Gasteiger partial charge in [0, 0.05) is 13.1 Å². The van der Waals surface area contributed by atoms with Crippen molar-refractivity contribution in [3.8, 4) is 0 Å². The van der Waals surface area contributed by atoms with Crippen LogP contribution in [0, 0.1) is 5.92 Å². The number of ether oxygens (including phenoxy) is 1. The Bertz CT molecular complexity index is 214. The summed E-state index contributed by atoms with van der Waals surface area (Å²) in [6.45, 7) is 8.00. The lowest BCUT2D eigenvalue weighted by atomic mass is 10.1. The van der Waals surface area contributed by atoms with Crippen LogP contribution in [0.4, 0.5) is 0 Å². The van der Waals surface area contributed by atoms with Gasteiger partial charge in [-0.2, -0.15) is 0 Å². The lowest BCUT2D eigenvalue weighted by Gasteiger charge is -2.30. The van der Waals surface area contributed by atoms with Crippen molar-refractivity contribution in [2.75, 3.05) is 26.3 Å². The Kier molecular flexibility index (Phi) is 4.42. The molecule has 0 aliphatic carbocycles. The van der Waals surface area contributed by atoms with Crippen LogP contribution in [0.5, 0.6) is 0 Å². The lowest BCUT2D eigenvalue weighted by Crippen LogP contribution is -2.44. The van der Waals surface area contributed by atoms with Gasteiger partial charge in [-0.25, -0.2) is 0 Å². The van der Waals surface area contributed by atoms with E-state index in [0.717, 1.165) is 0 Å². The van der Waals surface area contributed by atoms with Crippen molar-refractivity contribution < 1.29 is 9.53 Å². The molecule has 1 aliphatic heterocycles. The van der Waals surface area contributed by atoms with Crippen molar-refractivity contribution in [3.63, 3.8) is 0 Å². The first-order valence-corrected chi connectivity index (χ1v) is 5.23. The number of hydrogen-bond donors (Lipinski definition) is 0. The molecule has 3 nitrogen and oxygen atoms in total. The maximum Gasteiger partial charge on any atom is 0.227 e. The third-order valence-electron chi connectivity index (χ3n) is 2.42. The number of amides is 1. The molecule has 14 heavy (non-hydrogen) atoms. The highest BCUT2D eigenvalue weighted by Gasteiger charge is 2.25. The summed E-state index contributed by atoms with van der Waals surface area (Å²) < 4.78 is 5.17. The Balaban J connectivity index is 2.49. The molecular weight excluding hydrogens is 202 g/mol. The molecule has 1 fully saturated rings. The van der Waals surface area contributed by atoms with E-state index in [4.69, 9.17) is 16.3 Å². The molecule has 0 N–H and O–H groups in total. The maximum atomic E-state index is 11.8. The molecule has 0 bridgehead atoms. The quantitative estimate of drug-likeness (QED) is 0.527. The van der Waals surface area contributed by atoms with E-state index in [1.165, 1.54) is 0 Å². The third kappa shape index (κ3) is 2.72. The Labute approximate surface area is 89.7 Å². The Morgan fingerprint density at radius 1 is 1.57 bits per heavy atom. The molecule has 1 aliphatic rings. The monoisotopic (exact) mass is 217 g/mol. The first kappa shape index (κ1) is 11.5. The lowest BCUT2D eigenvalue weighted by molar-refractivity contribution is -0.138. The normalized spacial score (nSPS) is 21.4. The van der Waals surface area contributed by atoms with Gasteiger partial charge in [-0.3, -0.25) is 4.79 Å². The van der Waals surface area contributed by atoms with Crippen LogP contribution in [0.1, 0.15) is 6.92 Å². The molecule has 80 valence electrons. The minimum Gasteiger partial charge on any atom is -0.378 e. The zero-order valence-corrected chi connectivity index (χ0v) is 9.17. The minimum atomic E-state index is -0.287. The topological polar surface area (TPSA) is 29.5 Å². The van der Waals surface area contributed by atoms with Crippen molar-refractivity contribution >= 4 is 17.5 Å². The van der Waals surface area contributed by atoms with Crippen molar-refractivity contribution in [3.05, 3.63) is 12.7 Å². The molecule has 4 heteroatoms. The third-order valence-corrected chi connectivity index (χ3v) is 2.97. The molecule has 1 rings (SSSR count). The predicted octanol–water partition coefficient (Wildman–Crippen LogP) is 1.27. The molecule has 1 saturated heterocycles. The average molecular weight is 218 g/mol. The van der Waals surface area contributed by atoms with Gasteiger partial charge in [0.1, 0.15) is 0 Å². The molecule has 2 atom stereocenters. The van der Waals surface area contributed by atoms with Gasteiger partial charge in [0.05, 0.1) is 24.5 Å². The number of halogens is 1. The van der Waals surface area contributed by atoms with E-state index in [2.05, 4.69) is 6.58 Å². The van der Waals surface area contributed by atoms with E-state index in [9.17, 15) is 4.79 Å². The Morgan fingerprint density at radius 2 is 2.14 bits per heavy atom. The van der Waals surface area contributed by atoms with Crippen molar-refractivity contribution in [2.24, 2.45) is 5.92 Å². The van der Waals surface area contributed by atoms with Crippen LogP contribution in [-0.4, -0.2) is 42.5 Å². The van der Waals surface area contributed by atoms with E-state index in [0.29, 0.717) is 26.3 Å². The zero-order valence-electron chi connectivity index (χ0n) is 8.41. The van der Waals surface area contributed by atoms with Crippen molar-refractivity contribution in [1.29, 1.82) is 0 Å². The van der Waals surface area contributed by atoms with Gasteiger partial charge in [-0.15, -0.1) is 18.2 Å². The number of alkyl halides is 1. The molecule has 0 unspecified atom stereocenters. The number of allylic oxidation sites excluding steroid dienone is 1. The second-order valence-electron chi connectivity index (χ2n) is 3.41. The van der Waals surface area contributed by atoms with E-state index in [-0.39, 0.29) is 17.2 Å². The number of rotatable bonds is 3. The summed E-state index contributed by atoms with van der Waals surface area (Å²) in [4.78, 5) is 13.6. The predicted molar refractivity (Wildman–Crippen MR) is 56.4 cm³/mol. The molecule has 1 amide bonds. The first-order valence-electron chi connectivity index (χ1n) is 4.80. The first-order chi connectivity index (χ1) is 6.66. The smallest absolute Gasteiger partial charge is 0.227 e. The van der Waals surface area contributed by atoms with Crippen molar-refractivity contribution in [1.82, 2.24) is 4.90 Å². The fourth-order valence-corrected chi connectivity index (χ4v) is 1.52. The van der Waals surface area contributed by atoms with Gasteiger partial charge in [-0.05, 0) is 0 Å². The Morgan fingerprint density at radius 3 is 2.64 bits per heavy atom. The molecule has 0 saturated carbocycles. The highest BCUT2D eigenvalue weighted by Crippen LogP contribution is 2.15. The van der Waals surface area contributed by atoms with Gasteiger partial charge >= 0.3 is 0 Å². The molecule has 1 heterocycles. The van der Waals surface area contributed by atoms with Crippen LogP contribution in [0.2, 0.25) is 0 Å². The summed E-state index contributed by atoms with van der Waals surface area (Å²) in [6, 6.07) is 0. The SMILES string of the molecule is C=C[C@@H](Cl)[C@@H](C)C(=O)N1CCOCC1. The summed E-state index contributed by atoms with van der Waals surface area (Å²) >= 11 is 5.93. The van der Waals surface area contributed by atoms with Crippen LogP contribution in [0.3, 0.4) is 0 Å². The summed E-state index contributed by atoms with van der Waals surface area (Å²) in [7, 11) is 0. The fraction of sp³-hybridized carbons (Fsp3) is 0.700. The van der Waals surface area contributed by atoms with E-state index in [1.807, 2.05) is 6.92 Å². The number of nitrogens with zero attached hydrogens (tertiary/aromatic N) is 1. The van der Waals surface area contributed by atoms with E-state index in [1.54, 1.807) is 11.0 Å². The number of carbonyl (C=O) groups is 1. The molecule has 0 radical (unpaired) electrons. The second kappa shape index (κ2) is 5.37. The van der Waals surface area contributed by atoms with Crippen LogP contribution < -0.4 is 0 Å². The van der Waals surface area contributed by atoms with E-state index >= 15 is 0 Å². The van der Waals surface area contributed by atoms with Crippen molar-refractivity contribution in [2.45, 2.75) is 12.3 Å². The van der Waals surface area contributed by atoms with Gasteiger partial charge in [0.2, 0.25) is 5.91 Å². The number of hydrogen-bond acceptors (Lipinski definition) is 2. The molecule has 0 aromatic heterocycles. The van der Waals surface area contributed by atoms with Crippen LogP contribution in [0.15, 0.2) is 12.7 Å². The summed E-state index contributed by atoms with van der Waals surface area (Å²) in [5.41, 5.74) is 0. The van der Waals surface area contributed by atoms with Gasteiger partial charge in [0.15, 0.2) is 0 Å². The largest absolute Gasteiger partial charge is 0.378 e. The zero-order chi connectivity index (χ0) is 10.6. The number of carbonyl (C=O) groups excluding carboxylic acids is 1. The van der Waals surface area contributed by atoms with Gasteiger partial charge < -0.3 is 9.64 Å². The fourth-order valence-electron chi connectivity index (χ4n) is 1.41. The standard InChI is InChI=1S/C10H16ClNO2/c1-3-9(11)8(2)10(13)12-4-6-14-7-5-12/h3,8-9H,1,4-7H2,2H3/t8-,9-/m1/s1. The van der Waals surface area contributed by atoms with Gasteiger partial charge in [0.25, 0.3) is 0 Å². The second-order valence-corrected chi connectivity index (χ2v) is 3.91. The molecule has 0 spiro atoms. The highest BCUT2D eigenvalue weighted by atomic mass is 35.5. The van der Waals surface area contributed by atoms with Crippen LogP contribution in [0.25, 0.3) is 0 Å². The Hall–Kier alpha value is -0.540. The molecule has 0 aromatic rings. The van der Waals surface area contributed by atoms with Crippen LogP contribution in [-0.2, 0) is 9.53 Å². The average Bonchev–Trinajstić information content (AvgIpc) is 2.27. The van der Waals surface area contributed by atoms with E-state index < -0.39 is 0 Å². The minimum absolute atomic E-state index is 0.0909. The number of morpholine rings is 1. The highest BCUT2D eigenvalue weighted by molar-refractivity contribution is 6.23.